The zero-order valence-electron chi connectivity index (χ0n) is 9.85. The van der Waals surface area contributed by atoms with Crippen molar-refractivity contribution in [2.75, 3.05) is 18.2 Å². The minimum Gasteiger partial charge on any atom is -0.495 e. The number of nitrogen functional groups attached to an aromatic ring is 1. The van der Waals surface area contributed by atoms with Gasteiger partial charge in [0, 0.05) is 18.9 Å². The number of aromatic nitrogens is 2. The molecule has 5 nitrogen and oxygen atoms in total. The maximum Gasteiger partial charge on any atom is 0.222 e. The van der Waals surface area contributed by atoms with Gasteiger partial charge in [-0.1, -0.05) is 6.07 Å². The van der Waals surface area contributed by atoms with Crippen LogP contribution in [0.3, 0.4) is 0 Å². The molecule has 94 valence electrons. The molecule has 0 saturated heterocycles. The molecule has 0 radical (unpaired) electrons. The maximum atomic E-state index is 5.83. The van der Waals surface area contributed by atoms with Crippen LogP contribution >= 0.6 is 15.9 Å². The number of nitrogens with two attached hydrogens (primary N) is 1. The molecule has 18 heavy (non-hydrogen) atoms. The van der Waals surface area contributed by atoms with E-state index in [0.717, 1.165) is 10.0 Å². The molecule has 0 spiro atoms. The van der Waals surface area contributed by atoms with Crippen LogP contribution in [0.5, 0.6) is 5.75 Å². The molecular formula is C12H13BrN4O. The standard InChI is InChI=1S/C12H13BrN4O/c1-18-11-3-2-8(4-10(11)14)5-15-12-16-6-9(13)7-17-12/h2-4,6-7H,5,14H2,1H3,(H,15,16,17). The first-order valence-corrected chi connectivity index (χ1v) is 6.12. The molecule has 3 N–H and O–H groups in total. The predicted molar refractivity (Wildman–Crippen MR) is 74.5 cm³/mol. The molecule has 0 aliphatic carbocycles. The number of hydrogen-bond acceptors (Lipinski definition) is 5. The van der Waals surface area contributed by atoms with Gasteiger partial charge in [0.2, 0.25) is 5.95 Å². The Morgan fingerprint density at radius 1 is 1.33 bits per heavy atom. The third-order valence-electron chi connectivity index (χ3n) is 2.37. The average molecular weight is 309 g/mol. The number of ether oxygens (including phenoxy) is 1. The van der Waals surface area contributed by atoms with Crippen LogP contribution in [-0.4, -0.2) is 17.1 Å². The Labute approximate surface area is 114 Å². The van der Waals surface area contributed by atoms with Crippen LogP contribution in [0.4, 0.5) is 11.6 Å². The van der Waals surface area contributed by atoms with Crippen molar-refractivity contribution >= 4 is 27.6 Å². The van der Waals surface area contributed by atoms with Crippen molar-refractivity contribution in [1.82, 2.24) is 9.97 Å². The molecule has 0 bridgehead atoms. The summed E-state index contributed by atoms with van der Waals surface area (Å²) in [5.41, 5.74) is 7.49. The van der Waals surface area contributed by atoms with E-state index < -0.39 is 0 Å². The van der Waals surface area contributed by atoms with Crippen LogP contribution in [0.25, 0.3) is 0 Å². The maximum absolute atomic E-state index is 5.83. The lowest BCUT2D eigenvalue weighted by Crippen LogP contribution is -2.04. The lowest BCUT2D eigenvalue weighted by atomic mass is 10.2. The summed E-state index contributed by atoms with van der Waals surface area (Å²) in [4.78, 5) is 8.25. The normalized spacial score (nSPS) is 10.1. The molecule has 1 heterocycles. The minimum absolute atomic E-state index is 0.576. The second-order valence-corrected chi connectivity index (χ2v) is 4.57. The number of hydrogen-bond donors (Lipinski definition) is 2. The monoisotopic (exact) mass is 308 g/mol. The van der Waals surface area contributed by atoms with Gasteiger partial charge in [0.05, 0.1) is 17.3 Å². The first kappa shape index (κ1) is 12.6. The Kier molecular flexibility index (Phi) is 3.99. The van der Waals surface area contributed by atoms with E-state index in [-0.39, 0.29) is 0 Å². The molecule has 1 aromatic heterocycles. The van der Waals surface area contributed by atoms with E-state index in [9.17, 15) is 0 Å². The number of anilines is 2. The molecule has 6 heteroatoms. The Morgan fingerprint density at radius 2 is 2.06 bits per heavy atom. The second kappa shape index (κ2) is 5.68. The van der Waals surface area contributed by atoms with Crippen molar-refractivity contribution in [3.05, 3.63) is 40.6 Å². The van der Waals surface area contributed by atoms with Crippen molar-refractivity contribution in [1.29, 1.82) is 0 Å². The average Bonchev–Trinajstić information content (AvgIpc) is 2.38. The van der Waals surface area contributed by atoms with Gasteiger partial charge in [0.1, 0.15) is 5.75 Å². The van der Waals surface area contributed by atoms with E-state index in [1.807, 2.05) is 18.2 Å². The fourth-order valence-electron chi connectivity index (χ4n) is 1.48. The molecule has 2 rings (SSSR count). The molecule has 0 unspecified atom stereocenters. The van der Waals surface area contributed by atoms with E-state index in [4.69, 9.17) is 10.5 Å². The highest BCUT2D eigenvalue weighted by Crippen LogP contribution is 2.22. The molecule has 0 aliphatic rings. The van der Waals surface area contributed by atoms with Gasteiger partial charge in [-0.3, -0.25) is 0 Å². The van der Waals surface area contributed by atoms with Gasteiger partial charge in [0.25, 0.3) is 0 Å². The summed E-state index contributed by atoms with van der Waals surface area (Å²) in [6, 6.07) is 5.65. The summed E-state index contributed by atoms with van der Waals surface area (Å²) in [5.74, 6) is 1.26. The van der Waals surface area contributed by atoms with Gasteiger partial charge < -0.3 is 15.8 Å². The van der Waals surface area contributed by atoms with Crippen molar-refractivity contribution in [3.8, 4) is 5.75 Å². The lowest BCUT2D eigenvalue weighted by Gasteiger charge is -2.08. The minimum atomic E-state index is 0.576. The van der Waals surface area contributed by atoms with Gasteiger partial charge in [0.15, 0.2) is 0 Å². The van der Waals surface area contributed by atoms with E-state index in [2.05, 4.69) is 31.2 Å². The molecule has 2 aromatic rings. The van der Waals surface area contributed by atoms with Gasteiger partial charge in [-0.15, -0.1) is 0 Å². The summed E-state index contributed by atoms with van der Waals surface area (Å²) in [5, 5.41) is 3.11. The smallest absolute Gasteiger partial charge is 0.222 e. The van der Waals surface area contributed by atoms with Crippen LogP contribution in [0.15, 0.2) is 35.1 Å². The Balaban J connectivity index is 2.02. The molecule has 0 amide bonds. The second-order valence-electron chi connectivity index (χ2n) is 3.65. The fourth-order valence-corrected chi connectivity index (χ4v) is 1.68. The van der Waals surface area contributed by atoms with Gasteiger partial charge in [-0.05, 0) is 33.6 Å². The van der Waals surface area contributed by atoms with Crippen LogP contribution < -0.4 is 15.8 Å². The van der Waals surface area contributed by atoms with E-state index >= 15 is 0 Å². The number of rotatable bonds is 4. The fraction of sp³-hybridized carbons (Fsp3) is 0.167. The van der Waals surface area contributed by atoms with Crippen molar-refractivity contribution in [2.45, 2.75) is 6.54 Å². The quantitative estimate of drug-likeness (QED) is 0.849. The highest BCUT2D eigenvalue weighted by Gasteiger charge is 2.01. The van der Waals surface area contributed by atoms with Gasteiger partial charge >= 0.3 is 0 Å². The zero-order valence-corrected chi connectivity index (χ0v) is 11.4. The Bertz CT molecular complexity index is 530. The van der Waals surface area contributed by atoms with Crippen LogP contribution in [0.1, 0.15) is 5.56 Å². The third-order valence-corrected chi connectivity index (χ3v) is 2.77. The number of methoxy groups -OCH3 is 1. The molecule has 0 atom stereocenters. The molecular weight excluding hydrogens is 296 g/mol. The molecule has 1 aromatic carbocycles. The predicted octanol–water partition coefficient (Wildman–Crippen LogP) is 2.44. The summed E-state index contributed by atoms with van der Waals surface area (Å²) in [6.07, 6.45) is 3.38. The zero-order chi connectivity index (χ0) is 13.0. The number of halogens is 1. The summed E-state index contributed by atoms with van der Waals surface area (Å²) >= 11 is 3.28. The van der Waals surface area contributed by atoms with Crippen LogP contribution in [0.2, 0.25) is 0 Å². The van der Waals surface area contributed by atoms with Crippen molar-refractivity contribution in [3.63, 3.8) is 0 Å². The van der Waals surface area contributed by atoms with Crippen LogP contribution in [0, 0.1) is 0 Å². The molecule has 0 fully saturated rings. The Morgan fingerprint density at radius 3 is 2.67 bits per heavy atom. The van der Waals surface area contributed by atoms with Crippen molar-refractivity contribution in [2.24, 2.45) is 0 Å². The summed E-state index contributed by atoms with van der Waals surface area (Å²) in [6.45, 7) is 0.607. The molecule has 0 saturated carbocycles. The highest BCUT2D eigenvalue weighted by molar-refractivity contribution is 9.10. The number of benzene rings is 1. The summed E-state index contributed by atoms with van der Waals surface area (Å²) in [7, 11) is 1.60. The molecule has 0 aliphatic heterocycles. The lowest BCUT2D eigenvalue weighted by molar-refractivity contribution is 0.417. The topological polar surface area (TPSA) is 73.1 Å². The van der Waals surface area contributed by atoms with E-state index in [1.54, 1.807) is 19.5 Å². The van der Waals surface area contributed by atoms with Crippen LogP contribution in [-0.2, 0) is 6.54 Å². The van der Waals surface area contributed by atoms with Crippen molar-refractivity contribution < 1.29 is 4.74 Å². The SMILES string of the molecule is COc1ccc(CNc2ncc(Br)cn2)cc1N. The summed E-state index contributed by atoms with van der Waals surface area (Å²) < 4.78 is 5.95. The first-order chi connectivity index (χ1) is 8.69. The van der Waals surface area contributed by atoms with Gasteiger partial charge in [-0.2, -0.15) is 0 Å². The largest absolute Gasteiger partial charge is 0.495 e. The highest BCUT2D eigenvalue weighted by atomic mass is 79.9. The Hall–Kier alpha value is -1.82. The number of nitrogens with zero attached hydrogens (tertiary/aromatic N) is 2. The van der Waals surface area contributed by atoms with E-state index in [1.165, 1.54) is 0 Å². The third kappa shape index (κ3) is 3.10. The first-order valence-electron chi connectivity index (χ1n) is 5.33. The van der Waals surface area contributed by atoms with Gasteiger partial charge in [-0.25, -0.2) is 9.97 Å². The van der Waals surface area contributed by atoms with E-state index in [0.29, 0.717) is 23.9 Å². The number of nitrogens with one attached hydrogen (secondary N) is 1.